The number of rotatable bonds is 9. The zero-order valence-electron chi connectivity index (χ0n) is 17.1. The summed E-state index contributed by atoms with van der Waals surface area (Å²) < 4.78 is 12.5. The van der Waals surface area contributed by atoms with Gasteiger partial charge < -0.3 is 19.8 Å². The van der Waals surface area contributed by atoms with E-state index < -0.39 is 12.2 Å². The summed E-state index contributed by atoms with van der Waals surface area (Å²) in [5, 5.41) is 10.7. The second-order valence-electron chi connectivity index (χ2n) is 6.44. The summed E-state index contributed by atoms with van der Waals surface area (Å²) >= 11 is 0. The molecule has 0 bridgehead atoms. The van der Waals surface area contributed by atoms with Gasteiger partial charge in [0.05, 0.1) is 12.7 Å². The van der Waals surface area contributed by atoms with Crippen molar-refractivity contribution >= 4 is 11.6 Å². The Labute approximate surface area is 173 Å². The Balaban J connectivity index is 1.71. The highest BCUT2D eigenvalue weighted by Crippen LogP contribution is 2.19. The smallest absolute Gasteiger partial charge is 0.277 e. The number of H-pyrrole nitrogens is 1. The van der Waals surface area contributed by atoms with Crippen LogP contribution in [0.15, 0.2) is 41.3 Å². The van der Waals surface area contributed by atoms with E-state index in [1.807, 2.05) is 13.8 Å². The SMILES string of the molecule is CCOC(Cn1cc(C(=O)Nc2cccc(-c3nc(C)cc(=O)[nH]3)c2)nn1)OCC. The molecule has 2 N–H and O–H groups in total. The molecule has 10 nitrogen and oxygen atoms in total. The summed E-state index contributed by atoms with van der Waals surface area (Å²) in [5.41, 5.74) is 1.75. The van der Waals surface area contributed by atoms with E-state index in [0.29, 0.717) is 42.5 Å². The molecule has 0 spiro atoms. The van der Waals surface area contributed by atoms with E-state index in [4.69, 9.17) is 9.47 Å². The van der Waals surface area contributed by atoms with E-state index in [1.165, 1.54) is 16.9 Å². The van der Waals surface area contributed by atoms with Crippen LogP contribution in [-0.2, 0) is 16.0 Å². The highest BCUT2D eigenvalue weighted by atomic mass is 16.7. The quantitative estimate of drug-likeness (QED) is 0.515. The Hall–Kier alpha value is -3.37. The summed E-state index contributed by atoms with van der Waals surface area (Å²) in [6.07, 6.45) is 1.07. The van der Waals surface area contributed by atoms with Crippen LogP contribution in [0.3, 0.4) is 0 Å². The van der Waals surface area contributed by atoms with Gasteiger partial charge in [-0.15, -0.1) is 5.10 Å². The van der Waals surface area contributed by atoms with Crippen LogP contribution < -0.4 is 10.9 Å². The van der Waals surface area contributed by atoms with Crippen LogP contribution in [0.4, 0.5) is 5.69 Å². The zero-order valence-corrected chi connectivity index (χ0v) is 17.1. The average molecular weight is 412 g/mol. The van der Waals surface area contributed by atoms with Crippen LogP contribution in [-0.4, -0.2) is 50.4 Å². The fourth-order valence-electron chi connectivity index (χ4n) is 2.82. The van der Waals surface area contributed by atoms with Gasteiger partial charge in [-0.2, -0.15) is 0 Å². The Kier molecular flexibility index (Phi) is 7.04. The van der Waals surface area contributed by atoms with E-state index in [2.05, 4.69) is 25.6 Å². The monoisotopic (exact) mass is 412 g/mol. The van der Waals surface area contributed by atoms with Gasteiger partial charge in [0.25, 0.3) is 11.5 Å². The molecule has 0 saturated heterocycles. The Bertz CT molecular complexity index is 1060. The van der Waals surface area contributed by atoms with Crippen molar-refractivity contribution in [1.82, 2.24) is 25.0 Å². The van der Waals surface area contributed by atoms with Crippen LogP contribution in [0, 0.1) is 6.92 Å². The number of aromatic nitrogens is 5. The summed E-state index contributed by atoms with van der Waals surface area (Å²) in [7, 11) is 0. The van der Waals surface area contributed by atoms with Gasteiger partial charge in [-0.3, -0.25) is 9.59 Å². The van der Waals surface area contributed by atoms with Gasteiger partial charge in [-0.1, -0.05) is 17.3 Å². The minimum absolute atomic E-state index is 0.161. The zero-order chi connectivity index (χ0) is 21.5. The number of benzene rings is 1. The standard InChI is InChI=1S/C20H24N6O4/c1-4-29-18(30-5-2)12-26-11-16(24-25-26)20(28)22-15-8-6-7-14(10-15)19-21-13(3)9-17(27)23-19/h6-11,18H,4-5,12H2,1-3H3,(H,22,28)(H,21,23,27). The normalized spacial score (nSPS) is 11.1. The predicted octanol–water partition coefficient (Wildman–Crippen LogP) is 1.99. The third-order valence-corrected chi connectivity index (χ3v) is 4.08. The van der Waals surface area contributed by atoms with Crippen LogP contribution in [0.1, 0.15) is 30.0 Å². The first-order valence-electron chi connectivity index (χ1n) is 9.61. The molecule has 0 aliphatic rings. The highest BCUT2D eigenvalue weighted by molar-refractivity contribution is 6.02. The second-order valence-corrected chi connectivity index (χ2v) is 6.44. The van der Waals surface area contributed by atoms with E-state index in [0.717, 1.165) is 0 Å². The number of aromatic amines is 1. The number of nitrogens with one attached hydrogen (secondary N) is 2. The number of aryl methyl sites for hydroxylation is 1. The highest BCUT2D eigenvalue weighted by Gasteiger charge is 2.15. The lowest BCUT2D eigenvalue weighted by atomic mass is 10.2. The summed E-state index contributed by atoms with van der Waals surface area (Å²) in [4.78, 5) is 31.3. The maximum Gasteiger partial charge on any atom is 0.277 e. The van der Waals surface area contributed by atoms with E-state index in [-0.39, 0.29) is 11.3 Å². The molecule has 0 saturated carbocycles. The molecule has 3 aromatic rings. The van der Waals surface area contributed by atoms with Crippen molar-refractivity contribution in [2.75, 3.05) is 18.5 Å². The van der Waals surface area contributed by atoms with Gasteiger partial charge in [0, 0.05) is 36.2 Å². The lowest BCUT2D eigenvalue weighted by molar-refractivity contribution is -0.145. The fourth-order valence-corrected chi connectivity index (χ4v) is 2.82. The molecular weight excluding hydrogens is 388 g/mol. The molecule has 2 heterocycles. The van der Waals surface area contributed by atoms with Crippen LogP contribution in [0.25, 0.3) is 11.4 Å². The lowest BCUT2D eigenvalue weighted by Gasteiger charge is -2.16. The number of carbonyl (C=O) groups is 1. The lowest BCUT2D eigenvalue weighted by Crippen LogP contribution is -2.24. The van der Waals surface area contributed by atoms with Crippen molar-refractivity contribution in [3.05, 3.63) is 58.3 Å². The van der Waals surface area contributed by atoms with Gasteiger partial charge in [0.2, 0.25) is 0 Å². The molecule has 0 atom stereocenters. The molecule has 3 rings (SSSR count). The van der Waals surface area contributed by atoms with Crippen LogP contribution in [0.2, 0.25) is 0 Å². The Morgan fingerprint density at radius 2 is 2.00 bits per heavy atom. The number of carbonyl (C=O) groups excluding carboxylic acids is 1. The minimum atomic E-state index is -0.460. The summed E-state index contributed by atoms with van der Waals surface area (Å²) in [6.45, 7) is 6.83. The van der Waals surface area contributed by atoms with Crippen molar-refractivity contribution in [3.8, 4) is 11.4 Å². The maximum atomic E-state index is 12.6. The molecule has 2 aromatic heterocycles. The molecule has 0 radical (unpaired) electrons. The molecule has 1 aromatic carbocycles. The first kappa shape index (κ1) is 21.3. The first-order valence-corrected chi connectivity index (χ1v) is 9.61. The third-order valence-electron chi connectivity index (χ3n) is 4.08. The molecule has 0 aliphatic carbocycles. The molecule has 0 unspecified atom stereocenters. The van der Waals surface area contributed by atoms with Crippen molar-refractivity contribution in [1.29, 1.82) is 0 Å². The number of anilines is 1. The Morgan fingerprint density at radius 3 is 2.70 bits per heavy atom. The second kappa shape index (κ2) is 9.90. The van der Waals surface area contributed by atoms with E-state index in [9.17, 15) is 9.59 Å². The van der Waals surface area contributed by atoms with Crippen LogP contribution >= 0.6 is 0 Å². The van der Waals surface area contributed by atoms with E-state index >= 15 is 0 Å². The number of ether oxygens (including phenoxy) is 2. The van der Waals surface area contributed by atoms with Gasteiger partial charge in [0.1, 0.15) is 5.82 Å². The number of hydrogen-bond donors (Lipinski definition) is 2. The summed E-state index contributed by atoms with van der Waals surface area (Å²) in [5.74, 6) is 0.0217. The van der Waals surface area contributed by atoms with Crippen molar-refractivity contribution in [3.63, 3.8) is 0 Å². The predicted molar refractivity (Wildman–Crippen MR) is 110 cm³/mol. The Morgan fingerprint density at radius 1 is 1.23 bits per heavy atom. The van der Waals surface area contributed by atoms with Crippen molar-refractivity contribution < 1.29 is 14.3 Å². The molecule has 158 valence electrons. The summed E-state index contributed by atoms with van der Waals surface area (Å²) in [6, 6.07) is 8.43. The van der Waals surface area contributed by atoms with Crippen molar-refractivity contribution in [2.24, 2.45) is 0 Å². The number of hydrogen-bond acceptors (Lipinski definition) is 7. The fraction of sp³-hybridized carbons (Fsp3) is 0.350. The average Bonchev–Trinajstić information content (AvgIpc) is 3.16. The van der Waals surface area contributed by atoms with Gasteiger partial charge >= 0.3 is 0 Å². The van der Waals surface area contributed by atoms with Crippen molar-refractivity contribution in [2.45, 2.75) is 33.6 Å². The van der Waals surface area contributed by atoms with Gasteiger partial charge in [-0.05, 0) is 32.9 Å². The molecule has 0 fully saturated rings. The third kappa shape index (κ3) is 5.58. The van der Waals surface area contributed by atoms with E-state index in [1.54, 1.807) is 31.2 Å². The molecule has 0 aliphatic heterocycles. The largest absolute Gasteiger partial charge is 0.351 e. The molecule has 30 heavy (non-hydrogen) atoms. The van der Waals surface area contributed by atoms with Gasteiger partial charge in [-0.25, -0.2) is 9.67 Å². The topological polar surface area (TPSA) is 124 Å². The first-order chi connectivity index (χ1) is 14.5. The maximum absolute atomic E-state index is 12.6. The number of nitrogens with zero attached hydrogens (tertiary/aromatic N) is 4. The minimum Gasteiger partial charge on any atom is -0.351 e. The molecule has 10 heteroatoms. The molecule has 1 amide bonds. The molecular formula is C20H24N6O4. The van der Waals surface area contributed by atoms with Crippen LogP contribution in [0.5, 0.6) is 0 Å². The number of amides is 1. The van der Waals surface area contributed by atoms with Gasteiger partial charge in [0.15, 0.2) is 12.0 Å².